The van der Waals surface area contributed by atoms with Crippen molar-refractivity contribution in [3.63, 3.8) is 0 Å². The maximum absolute atomic E-state index is 13.9. The molecule has 0 radical (unpaired) electrons. The molecule has 3 amide bonds. The minimum absolute atomic E-state index is 0.0208. The van der Waals surface area contributed by atoms with Crippen LogP contribution in [-0.4, -0.2) is 108 Å². The van der Waals surface area contributed by atoms with Crippen molar-refractivity contribution in [1.82, 2.24) is 25.4 Å². The highest BCUT2D eigenvalue weighted by molar-refractivity contribution is 7.13. The van der Waals surface area contributed by atoms with E-state index >= 15 is 0 Å². The minimum Gasteiger partial charge on any atom is -0.391 e. The topological polar surface area (TPSA) is 133 Å². The Bertz CT molecular complexity index is 1230. The molecule has 42 heavy (non-hydrogen) atoms. The van der Waals surface area contributed by atoms with Crippen molar-refractivity contribution in [2.75, 3.05) is 46.5 Å². The molecule has 2 aromatic rings. The summed E-state index contributed by atoms with van der Waals surface area (Å²) in [5.74, 6) is -1.11. The zero-order chi connectivity index (χ0) is 30.4. The number of nitrogens with zero attached hydrogens (tertiary/aromatic N) is 3. The van der Waals surface area contributed by atoms with Gasteiger partial charge in [-0.15, -0.1) is 11.3 Å². The second-order valence-corrected chi connectivity index (χ2v) is 12.9. The van der Waals surface area contributed by atoms with Crippen molar-refractivity contribution in [1.29, 1.82) is 0 Å². The number of nitrogens with one attached hydrogen (secondary N) is 2. The lowest BCUT2D eigenvalue weighted by Gasteiger charge is -2.37. The average Bonchev–Trinajstić information content (AvgIpc) is 3.58. The molecule has 3 heterocycles. The van der Waals surface area contributed by atoms with Gasteiger partial charge in [-0.25, -0.2) is 4.98 Å². The number of aryl methyl sites for hydroxylation is 1. The van der Waals surface area contributed by atoms with Crippen LogP contribution in [0.15, 0.2) is 29.8 Å². The second kappa shape index (κ2) is 14.0. The maximum Gasteiger partial charge on any atom is 0.251 e. The van der Waals surface area contributed by atoms with E-state index in [0.717, 1.165) is 21.7 Å². The number of hydrogen-bond acceptors (Lipinski definition) is 9. The standard InChI is InChI=1S/C30H43N5O6S/c1-19-25(42-18-32-19)21-8-6-20(7-9-21)15-31-27(37)23-14-22(36)16-35(23)29(39)26(30(2,3)4)33-28(38)24-17-34(10-12-40-5)11-13-41-24/h6-9,18,22-24,26,36H,10-17H2,1-5H3,(H,31,37)(H,33,38)/t22-,23?,24+,26-/m1/s1. The van der Waals surface area contributed by atoms with E-state index in [-0.39, 0.29) is 31.3 Å². The van der Waals surface area contributed by atoms with E-state index in [4.69, 9.17) is 9.47 Å². The molecule has 0 saturated carbocycles. The number of β-amino-alcohol motifs (C(OH)–C–C–N with tert-alkyl or cyclic N) is 1. The number of rotatable bonds is 10. The van der Waals surface area contributed by atoms with Crippen LogP contribution in [0.3, 0.4) is 0 Å². The summed E-state index contributed by atoms with van der Waals surface area (Å²) in [6.45, 7) is 10.6. The van der Waals surface area contributed by atoms with E-state index in [0.29, 0.717) is 32.8 Å². The SMILES string of the molecule is COCCN1CCO[C@H](C(=O)N[C@H](C(=O)N2C[C@H](O)CC2C(=O)NCc2ccc(-c3scnc3C)cc2)C(C)(C)C)C1. The largest absolute Gasteiger partial charge is 0.391 e. The van der Waals surface area contributed by atoms with Crippen LogP contribution < -0.4 is 10.6 Å². The zero-order valence-electron chi connectivity index (χ0n) is 25.1. The Morgan fingerprint density at radius 1 is 1.19 bits per heavy atom. The number of amides is 3. The highest BCUT2D eigenvalue weighted by Crippen LogP contribution is 2.28. The lowest BCUT2D eigenvalue weighted by molar-refractivity contribution is -0.148. The summed E-state index contributed by atoms with van der Waals surface area (Å²) < 4.78 is 10.9. The predicted molar refractivity (Wildman–Crippen MR) is 160 cm³/mol. The third-order valence-corrected chi connectivity index (χ3v) is 8.72. The Labute approximate surface area is 251 Å². The van der Waals surface area contributed by atoms with Crippen molar-refractivity contribution in [3.05, 3.63) is 41.0 Å². The van der Waals surface area contributed by atoms with E-state index < -0.39 is 35.6 Å². The maximum atomic E-state index is 13.9. The molecule has 2 aliphatic heterocycles. The van der Waals surface area contributed by atoms with Gasteiger partial charge in [-0.1, -0.05) is 45.0 Å². The molecule has 0 bridgehead atoms. The van der Waals surface area contributed by atoms with Gasteiger partial charge in [0.25, 0.3) is 5.91 Å². The van der Waals surface area contributed by atoms with Crippen molar-refractivity contribution in [3.8, 4) is 10.4 Å². The molecular weight excluding hydrogens is 558 g/mol. The fourth-order valence-electron chi connectivity index (χ4n) is 5.30. The number of likely N-dealkylation sites (tertiary alicyclic amines) is 1. The van der Waals surface area contributed by atoms with Gasteiger partial charge in [0.15, 0.2) is 0 Å². The van der Waals surface area contributed by atoms with Crippen LogP contribution >= 0.6 is 11.3 Å². The van der Waals surface area contributed by atoms with Gasteiger partial charge in [0.2, 0.25) is 11.8 Å². The van der Waals surface area contributed by atoms with Gasteiger partial charge in [0.05, 0.1) is 35.4 Å². The number of thiazole rings is 1. The summed E-state index contributed by atoms with van der Waals surface area (Å²) in [7, 11) is 1.63. The molecule has 0 spiro atoms. The van der Waals surface area contributed by atoms with Crippen LogP contribution in [0.2, 0.25) is 0 Å². The predicted octanol–water partition coefficient (Wildman–Crippen LogP) is 1.57. The van der Waals surface area contributed by atoms with Crippen LogP contribution in [0.4, 0.5) is 0 Å². The molecule has 4 rings (SSSR count). The molecule has 1 aromatic heterocycles. The van der Waals surface area contributed by atoms with Gasteiger partial charge in [-0.2, -0.15) is 0 Å². The van der Waals surface area contributed by atoms with E-state index in [9.17, 15) is 19.5 Å². The van der Waals surface area contributed by atoms with Gasteiger partial charge in [-0.3, -0.25) is 19.3 Å². The molecule has 1 aromatic carbocycles. The summed E-state index contributed by atoms with van der Waals surface area (Å²) in [5, 5.41) is 16.3. The van der Waals surface area contributed by atoms with Crippen molar-refractivity contribution in [2.24, 2.45) is 5.41 Å². The molecule has 1 unspecified atom stereocenters. The van der Waals surface area contributed by atoms with E-state index in [2.05, 4.69) is 20.5 Å². The summed E-state index contributed by atoms with van der Waals surface area (Å²) in [6.07, 6.45) is -1.42. The molecule has 3 N–H and O–H groups in total. The normalized spacial score (nSPS) is 22.1. The summed E-state index contributed by atoms with van der Waals surface area (Å²) >= 11 is 1.58. The third kappa shape index (κ3) is 7.93. The third-order valence-electron chi connectivity index (χ3n) is 7.75. The summed E-state index contributed by atoms with van der Waals surface area (Å²) in [4.78, 5) is 49.3. The lowest BCUT2D eigenvalue weighted by Crippen LogP contribution is -2.60. The Morgan fingerprint density at radius 2 is 1.93 bits per heavy atom. The van der Waals surface area contributed by atoms with Crippen LogP contribution in [0.25, 0.3) is 10.4 Å². The number of carbonyl (C=O) groups is 3. The van der Waals surface area contributed by atoms with Crippen LogP contribution in [-0.2, 0) is 30.4 Å². The minimum atomic E-state index is -0.911. The lowest BCUT2D eigenvalue weighted by atomic mass is 9.85. The van der Waals surface area contributed by atoms with E-state index in [1.807, 2.05) is 57.5 Å². The molecule has 11 nitrogen and oxygen atoms in total. The highest BCUT2D eigenvalue weighted by atomic mass is 32.1. The highest BCUT2D eigenvalue weighted by Gasteiger charge is 2.45. The number of aliphatic hydroxyl groups excluding tert-OH is 1. The Morgan fingerprint density at radius 3 is 2.57 bits per heavy atom. The first-order valence-electron chi connectivity index (χ1n) is 14.4. The Hall–Kier alpha value is -2.90. The first-order chi connectivity index (χ1) is 20.0. The number of ether oxygens (including phenoxy) is 2. The Kier molecular flexibility index (Phi) is 10.7. The van der Waals surface area contributed by atoms with Gasteiger partial charge < -0.3 is 30.1 Å². The van der Waals surface area contributed by atoms with Gasteiger partial charge in [0, 0.05) is 46.3 Å². The molecule has 4 atom stereocenters. The van der Waals surface area contributed by atoms with Crippen LogP contribution in [0, 0.1) is 12.3 Å². The monoisotopic (exact) mass is 601 g/mol. The van der Waals surface area contributed by atoms with Gasteiger partial charge in [-0.05, 0) is 23.5 Å². The van der Waals surface area contributed by atoms with Gasteiger partial charge in [0.1, 0.15) is 18.2 Å². The summed E-state index contributed by atoms with van der Waals surface area (Å²) in [6, 6.07) is 6.16. The molecule has 2 fully saturated rings. The van der Waals surface area contributed by atoms with E-state index in [1.54, 1.807) is 18.4 Å². The fraction of sp³-hybridized carbons (Fsp3) is 0.600. The molecular formula is C30H43N5O6S. The van der Waals surface area contributed by atoms with E-state index in [1.165, 1.54) is 4.90 Å². The zero-order valence-corrected chi connectivity index (χ0v) is 25.9. The molecule has 0 aliphatic carbocycles. The number of aliphatic hydroxyl groups is 1. The van der Waals surface area contributed by atoms with Gasteiger partial charge >= 0.3 is 0 Å². The number of methoxy groups -OCH3 is 1. The molecule has 12 heteroatoms. The molecule has 2 aliphatic rings. The quantitative estimate of drug-likeness (QED) is 0.374. The second-order valence-electron chi connectivity index (χ2n) is 12.0. The number of carbonyl (C=O) groups excluding carboxylic acids is 3. The van der Waals surface area contributed by atoms with Crippen molar-refractivity contribution >= 4 is 29.1 Å². The smallest absolute Gasteiger partial charge is 0.251 e. The summed E-state index contributed by atoms with van der Waals surface area (Å²) in [5.41, 5.74) is 4.13. The number of aromatic nitrogens is 1. The van der Waals surface area contributed by atoms with Crippen molar-refractivity contribution in [2.45, 2.75) is 65.0 Å². The average molecular weight is 602 g/mol. The van der Waals surface area contributed by atoms with Crippen LogP contribution in [0.1, 0.15) is 38.4 Å². The Balaban J connectivity index is 1.39. The van der Waals surface area contributed by atoms with Crippen LogP contribution in [0.5, 0.6) is 0 Å². The number of benzene rings is 1. The first kappa shape index (κ1) is 32.0. The number of morpholine rings is 1. The molecule has 2 saturated heterocycles. The fourth-order valence-corrected chi connectivity index (χ4v) is 6.11. The number of hydrogen-bond donors (Lipinski definition) is 3. The molecule has 230 valence electrons. The first-order valence-corrected chi connectivity index (χ1v) is 15.2. The van der Waals surface area contributed by atoms with Crippen molar-refractivity contribution < 1.29 is 29.0 Å².